The van der Waals surface area contributed by atoms with Gasteiger partial charge in [-0.3, -0.25) is 0 Å². The lowest BCUT2D eigenvalue weighted by molar-refractivity contribution is 0.232. The van der Waals surface area contributed by atoms with Crippen LogP contribution in [0.4, 0.5) is 0 Å². The maximum absolute atomic E-state index is 9.36. The van der Waals surface area contributed by atoms with E-state index in [9.17, 15) is 5.11 Å². The van der Waals surface area contributed by atoms with E-state index in [0.29, 0.717) is 0 Å². The van der Waals surface area contributed by atoms with E-state index in [2.05, 4.69) is 0 Å². The van der Waals surface area contributed by atoms with Crippen LogP contribution in [-0.4, -0.2) is 17.3 Å². The molecule has 0 aliphatic heterocycles. The molecule has 0 radical (unpaired) electrons. The summed E-state index contributed by atoms with van der Waals surface area (Å²) >= 11 is 0. The predicted octanol–water partition coefficient (Wildman–Crippen LogP) is 3.26. The van der Waals surface area contributed by atoms with Crippen LogP contribution in [0.15, 0.2) is 29.8 Å². The van der Waals surface area contributed by atoms with Crippen molar-refractivity contribution in [2.24, 2.45) is 0 Å². The zero-order valence-electron chi connectivity index (χ0n) is 10.4. The Hall–Kier alpha value is -1.28. The topological polar surface area (TPSA) is 29.5 Å². The fourth-order valence-corrected chi connectivity index (χ4v) is 1.30. The van der Waals surface area contributed by atoms with Crippen molar-refractivity contribution >= 4 is 6.08 Å². The van der Waals surface area contributed by atoms with Gasteiger partial charge >= 0.3 is 0 Å². The molecule has 1 aromatic rings. The van der Waals surface area contributed by atoms with E-state index in [-0.39, 0.29) is 6.10 Å². The first-order valence-corrected chi connectivity index (χ1v) is 5.62. The van der Waals surface area contributed by atoms with Gasteiger partial charge in [-0.25, -0.2) is 0 Å². The number of rotatable bonds is 4. The van der Waals surface area contributed by atoms with E-state index >= 15 is 0 Å². The van der Waals surface area contributed by atoms with Gasteiger partial charge < -0.3 is 9.84 Å². The van der Waals surface area contributed by atoms with Crippen LogP contribution >= 0.6 is 0 Å². The van der Waals surface area contributed by atoms with E-state index in [1.807, 2.05) is 51.1 Å². The molecular formula is C14H20O2. The SMILES string of the molecule is C/C(=C/c1ccc(OC(C)C)cc1)C(C)O. The van der Waals surface area contributed by atoms with Crippen molar-refractivity contribution < 1.29 is 9.84 Å². The molecule has 1 N–H and O–H groups in total. The molecule has 1 atom stereocenters. The lowest BCUT2D eigenvalue weighted by atomic mass is 10.1. The van der Waals surface area contributed by atoms with Crippen molar-refractivity contribution in [2.75, 3.05) is 0 Å². The van der Waals surface area contributed by atoms with Gasteiger partial charge in [0.15, 0.2) is 0 Å². The Balaban J connectivity index is 2.75. The zero-order chi connectivity index (χ0) is 12.1. The van der Waals surface area contributed by atoms with Crippen molar-refractivity contribution in [2.45, 2.75) is 39.9 Å². The quantitative estimate of drug-likeness (QED) is 0.844. The highest BCUT2D eigenvalue weighted by molar-refractivity contribution is 5.54. The highest BCUT2D eigenvalue weighted by atomic mass is 16.5. The summed E-state index contributed by atoms with van der Waals surface area (Å²) in [5.74, 6) is 0.877. The molecule has 1 unspecified atom stereocenters. The van der Waals surface area contributed by atoms with Crippen molar-refractivity contribution in [3.05, 3.63) is 35.4 Å². The fourth-order valence-electron chi connectivity index (χ4n) is 1.30. The van der Waals surface area contributed by atoms with Gasteiger partial charge in [0.1, 0.15) is 5.75 Å². The second-order valence-corrected chi connectivity index (χ2v) is 4.30. The summed E-state index contributed by atoms with van der Waals surface area (Å²) in [6.45, 7) is 7.70. The number of aliphatic hydroxyl groups is 1. The van der Waals surface area contributed by atoms with Gasteiger partial charge in [0, 0.05) is 0 Å². The molecule has 0 bridgehead atoms. The van der Waals surface area contributed by atoms with E-state index in [1.54, 1.807) is 6.92 Å². The van der Waals surface area contributed by atoms with Crippen LogP contribution in [0.5, 0.6) is 5.75 Å². The summed E-state index contributed by atoms with van der Waals surface area (Å²) < 4.78 is 5.55. The highest BCUT2D eigenvalue weighted by Crippen LogP contribution is 2.16. The second-order valence-electron chi connectivity index (χ2n) is 4.30. The number of aliphatic hydroxyl groups excluding tert-OH is 1. The molecule has 0 heterocycles. The Morgan fingerprint density at radius 1 is 1.19 bits per heavy atom. The lowest BCUT2D eigenvalue weighted by Crippen LogP contribution is -2.05. The average molecular weight is 220 g/mol. The Morgan fingerprint density at radius 2 is 1.75 bits per heavy atom. The van der Waals surface area contributed by atoms with E-state index in [1.165, 1.54) is 0 Å². The molecule has 0 saturated carbocycles. The fraction of sp³-hybridized carbons (Fsp3) is 0.429. The largest absolute Gasteiger partial charge is 0.491 e. The minimum Gasteiger partial charge on any atom is -0.491 e. The maximum atomic E-state index is 9.36. The van der Waals surface area contributed by atoms with Crippen LogP contribution in [0, 0.1) is 0 Å². The van der Waals surface area contributed by atoms with E-state index in [0.717, 1.165) is 16.9 Å². The van der Waals surface area contributed by atoms with Crippen molar-refractivity contribution in [1.82, 2.24) is 0 Å². The first-order chi connectivity index (χ1) is 7.49. The average Bonchev–Trinajstić information content (AvgIpc) is 2.20. The molecule has 1 rings (SSSR count). The zero-order valence-corrected chi connectivity index (χ0v) is 10.4. The molecule has 0 saturated heterocycles. The van der Waals surface area contributed by atoms with Gasteiger partial charge in [0.05, 0.1) is 12.2 Å². The van der Waals surface area contributed by atoms with Crippen LogP contribution in [0.1, 0.15) is 33.3 Å². The minimum absolute atomic E-state index is 0.195. The summed E-state index contributed by atoms with van der Waals surface area (Å²) in [5, 5.41) is 9.36. The minimum atomic E-state index is -0.397. The molecule has 88 valence electrons. The van der Waals surface area contributed by atoms with Crippen molar-refractivity contribution in [3.63, 3.8) is 0 Å². The van der Waals surface area contributed by atoms with Crippen molar-refractivity contribution in [3.8, 4) is 5.75 Å². The third-order valence-corrected chi connectivity index (χ3v) is 2.31. The number of benzene rings is 1. The van der Waals surface area contributed by atoms with Crippen LogP contribution in [0.3, 0.4) is 0 Å². The highest BCUT2D eigenvalue weighted by Gasteiger charge is 1.99. The molecule has 0 aliphatic carbocycles. The normalized spacial score (nSPS) is 14.0. The van der Waals surface area contributed by atoms with Crippen molar-refractivity contribution in [1.29, 1.82) is 0 Å². The molecule has 2 nitrogen and oxygen atoms in total. The third-order valence-electron chi connectivity index (χ3n) is 2.31. The standard InChI is InChI=1S/C14H20O2/c1-10(2)16-14-7-5-13(6-8-14)9-11(3)12(4)15/h5-10,12,15H,1-4H3/b11-9-. The van der Waals surface area contributed by atoms with E-state index in [4.69, 9.17) is 4.74 Å². The first kappa shape index (κ1) is 12.8. The third kappa shape index (κ3) is 4.07. The van der Waals surface area contributed by atoms with Crippen LogP contribution < -0.4 is 4.74 Å². The molecule has 0 aromatic heterocycles. The van der Waals surface area contributed by atoms with Gasteiger partial charge in [0.25, 0.3) is 0 Å². The monoisotopic (exact) mass is 220 g/mol. The molecule has 0 aliphatic rings. The van der Waals surface area contributed by atoms with Crippen LogP contribution in [0.25, 0.3) is 6.08 Å². The molecule has 1 aromatic carbocycles. The Kier molecular flexibility index (Phi) is 4.56. The van der Waals surface area contributed by atoms with Gasteiger partial charge in [-0.1, -0.05) is 18.2 Å². The van der Waals surface area contributed by atoms with Gasteiger partial charge in [-0.05, 0) is 51.0 Å². The molecule has 16 heavy (non-hydrogen) atoms. The summed E-state index contributed by atoms with van der Waals surface area (Å²) in [4.78, 5) is 0. The molecule has 2 heteroatoms. The number of ether oxygens (including phenoxy) is 1. The molecule has 0 spiro atoms. The molecule has 0 amide bonds. The Bertz CT molecular complexity index is 348. The van der Waals surface area contributed by atoms with Crippen LogP contribution in [-0.2, 0) is 0 Å². The predicted molar refractivity (Wildman–Crippen MR) is 67.5 cm³/mol. The summed E-state index contributed by atoms with van der Waals surface area (Å²) in [6, 6.07) is 7.87. The summed E-state index contributed by atoms with van der Waals surface area (Å²) in [5.41, 5.74) is 2.03. The lowest BCUT2D eigenvalue weighted by Gasteiger charge is -2.09. The maximum Gasteiger partial charge on any atom is 0.119 e. The van der Waals surface area contributed by atoms with Gasteiger partial charge in [0.2, 0.25) is 0 Å². The van der Waals surface area contributed by atoms with Gasteiger partial charge in [-0.15, -0.1) is 0 Å². The Labute approximate surface area is 97.6 Å². The van der Waals surface area contributed by atoms with Crippen LogP contribution in [0.2, 0.25) is 0 Å². The molecular weight excluding hydrogens is 200 g/mol. The van der Waals surface area contributed by atoms with E-state index < -0.39 is 6.10 Å². The number of hydrogen-bond acceptors (Lipinski definition) is 2. The summed E-state index contributed by atoms with van der Waals surface area (Å²) in [7, 11) is 0. The Morgan fingerprint density at radius 3 is 2.19 bits per heavy atom. The summed E-state index contributed by atoms with van der Waals surface area (Å²) in [6.07, 6.45) is 1.77. The smallest absolute Gasteiger partial charge is 0.119 e. The number of hydrogen-bond donors (Lipinski definition) is 1. The first-order valence-electron chi connectivity index (χ1n) is 5.62. The van der Waals surface area contributed by atoms with Gasteiger partial charge in [-0.2, -0.15) is 0 Å². The second kappa shape index (κ2) is 5.71. The molecule has 0 fully saturated rings.